The number of rotatable bonds is 4. The van der Waals surface area contributed by atoms with E-state index in [9.17, 15) is 4.79 Å². The van der Waals surface area contributed by atoms with Gasteiger partial charge in [0.25, 0.3) is 0 Å². The molecule has 0 saturated heterocycles. The van der Waals surface area contributed by atoms with Crippen LogP contribution in [0.5, 0.6) is 0 Å². The first-order valence-corrected chi connectivity index (χ1v) is 6.21. The van der Waals surface area contributed by atoms with Gasteiger partial charge in [-0.05, 0) is 28.8 Å². The van der Waals surface area contributed by atoms with Gasteiger partial charge in [0, 0.05) is 12.6 Å². The maximum atomic E-state index is 11.8. The van der Waals surface area contributed by atoms with Crippen LogP contribution in [-0.2, 0) is 7.05 Å². The quantitative estimate of drug-likeness (QED) is 0.478. The van der Waals surface area contributed by atoms with E-state index in [2.05, 4.69) is 15.5 Å². The summed E-state index contributed by atoms with van der Waals surface area (Å²) in [6.45, 7) is 1.99. The Bertz CT molecular complexity index is 574. The lowest BCUT2D eigenvalue weighted by molar-refractivity contribution is 0.104. The van der Waals surface area contributed by atoms with Crippen molar-refractivity contribution in [2.24, 2.45) is 7.05 Å². The number of aryl methyl sites for hydroxylation is 2. The van der Waals surface area contributed by atoms with E-state index in [4.69, 9.17) is 0 Å². The Morgan fingerprint density at radius 2 is 2.06 bits per heavy atom. The van der Waals surface area contributed by atoms with E-state index in [1.165, 1.54) is 17.8 Å². The second kappa shape index (κ2) is 5.59. The first-order chi connectivity index (χ1) is 8.66. The van der Waals surface area contributed by atoms with E-state index in [0.29, 0.717) is 10.7 Å². The molecule has 0 aliphatic rings. The Kier molecular flexibility index (Phi) is 3.88. The number of aromatic nitrogens is 4. The van der Waals surface area contributed by atoms with Crippen LogP contribution < -0.4 is 0 Å². The van der Waals surface area contributed by atoms with Crippen molar-refractivity contribution in [3.63, 3.8) is 0 Å². The van der Waals surface area contributed by atoms with Crippen LogP contribution in [0.1, 0.15) is 15.9 Å². The molecule has 0 amide bonds. The predicted octanol–water partition coefficient (Wildman–Crippen LogP) is 2.01. The first kappa shape index (κ1) is 12.5. The second-order valence-corrected chi connectivity index (χ2v) is 4.61. The number of benzene rings is 1. The van der Waals surface area contributed by atoms with E-state index in [0.717, 1.165) is 5.56 Å². The zero-order valence-corrected chi connectivity index (χ0v) is 10.9. The molecule has 0 atom stereocenters. The molecule has 0 bridgehead atoms. The zero-order valence-electron chi connectivity index (χ0n) is 10.1. The monoisotopic (exact) mass is 260 g/mol. The fourth-order valence-electron chi connectivity index (χ4n) is 1.29. The first-order valence-electron chi connectivity index (χ1n) is 5.33. The van der Waals surface area contributed by atoms with Crippen molar-refractivity contribution in [2.75, 3.05) is 0 Å². The number of hydrogen-bond donors (Lipinski definition) is 0. The highest BCUT2D eigenvalue weighted by Gasteiger charge is 2.02. The summed E-state index contributed by atoms with van der Waals surface area (Å²) < 4.78 is 1.55. The van der Waals surface area contributed by atoms with Gasteiger partial charge in [0.2, 0.25) is 5.16 Å². The number of thioether (sulfide) groups is 1. The Hall–Kier alpha value is -1.95. The van der Waals surface area contributed by atoms with Gasteiger partial charge < -0.3 is 0 Å². The molecule has 0 fully saturated rings. The molecule has 0 unspecified atom stereocenters. The molecular weight excluding hydrogens is 248 g/mol. The molecule has 0 aliphatic carbocycles. The fraction of sp³-hybridized carbons (Fsp3) is 0.167. The molecule has 5 nitrogen and oxygen atoms in total. The minimum absolute atomic E-state index is 0.0300. The molecule has 2 rings (SSSR count). The summed E-state index contributed by atoms with van der Waals surface area (Å²) in [5.74, 6) is -0.0300. The maximum Gasteiger partial charge on any atom is 0.213 e. The number of allylic oxidation sites excluding steroid dienone is 1. The lowest BCUT2D eigenvalue weighted by Crippen LogP contribution is -1.94. The van der Waals surface area contributed by atoms with Crippen LogP contribution in [0.15, 0.2) is 40.9 Å². The molecule has 6 heteroatoms. The average Bonchev–Trinajstić information content (AvgIpc) is 2.76. The molecule has 92 valence electrons. The molecule has 1 aromatic heterocycles. The zero-order chi connectivity index (χ0) is 13.0. The largest absolute Gasteiger partial charge is 0.289 e. The van der Waals surface area contributed by atoms with Crippen molar-refractivity contribution in [2.45, 2.75) is 12.1 Å². The maximum absolute atomic E-state index is 11.8. The molecule has 1 heterocycles. The highest BCUT2D eigenvalue weighted by atomic mass is 32.2. The SMILES string of the molecule is Cc1ccc(C(=O)C=CSc2nnnn2C)cc1. The van der Waals surface area contributed by atoms with Gasteiger partial charge in [-0.25, -0.2) is 4.68 Å². The van der Waals surface area contributed by atoms with Crippen LogP contribution in [0.2, 0.25) is 0 Å². The highest BCUT2D eigenvalue weighted by molar-refractivity contribution is 8.02. The topological polar surface area (TPSA) is 60.7 Å². The van der Waals surface area contributed by atoms with Crippen molar-refractivity contribution in [1.82, 2.24) is 20.2 Å². The van der Waals surface area contributed by atoms with Gasteiger partial charge in [0.1, 0.15) is 0 Å². The molecule has 0 radical (unpaired) electrons. The number of hydrogen-bond acceptors (Lipinski definition) is 5. The fourth-order valence-corrected chi connectivity index (χ4v) is 1.88. The van der Waals surface area contributed by atoms with E-state index in [-0.39, 0.29) is 5.78 Å². The Morgan fingerprint density at radius 1 is 1.33 bits per heavy atom. The van der Waals surface area contributed by atoms with E-state index in [1.807, 2.05) is 31.2 Å². The number of ketones is 1. The predicted molar refractivity (Wildman–Crippen MR) is 69.3 cm³/mol. The molecule has 2 aromatic rings. The average molecular weight is 260 g/mol. The number of tetrazole rings is 1. The molecular formula is C12H12N4OS. The Morgan fingerprint density at radius 3 is 2.67 bits per heavy atom. The van der Waals surface area contributed by atoms with Crippen molar-refractivity contribution >= 4 is 17.5 Å². The number of carbonyl (C=O) groups excluding carboxylic acids is 1. The summed E-state index contributed by atoms with van der Waals surface area (Å²) in [6.07, 6.45) is 1.52. The molecule has 18 heavy (non-hydrogen) atoms. The smallest absolute Gasteiger partial charge is 0.213 e. The van der Waals surface area contributed by atoms with Crippen LogP contribution in [-0.4, -0.2) is 26.0 Å². The molecule has 0 N–H and O–H groups in total. The highest BCUT2D eigenvalue weighted by Crippen LogP contribution is 2.14. The van der Waals surface area contributed by atoms with Crippen molar-refractivity contribution in [1.29, 1.82) is 0 Å². The number of carbonyl (C=O) groups is 1. The minimum Gasteiger partial charge on any atom is -0.289 e. The summed E-state index contributed by atoms with van der Waals surface area (Å²) >= 11 is 1.31. The van der Waals surface area contributed by atoms with E-state index < -0.39 is 0 Å². The van der Waals surface area contributed by atoms with Crippen LogP contribution in [0.3, 0.4) is 0 Å². The van der Waals surface area contributed by atoms with Gasteiger partial charge in [-0.2, -0.15) is 0 Å². The summed E-state index contributed by atoms with van der Waals surface area (Å²) in [5.41, 5.74) is 1.81. The van der Waals surface area contributed by atoms with Gasteiger partial charge in [-0.15, -0.1) is 5.10 Å². The van der Waals surface area contributed by atoms with Gasteiger partial charge in [0.05, 0.1) is 0 Å². The summed E-state index contributed by atoms with van der Waals surface area (Å²) in [6, 6.07) is 7.47. The summed E-state index contributed by atoms with van der Waals surface area (Å²) in [7, 11) is 1.75. The van der Waals surface area contributed by atoms with Crippen LogP contribution in [0.25, 0.3) is 0 Å². The van der Waals surface area contributed by atoms with Crippen molar-refractivity contribution in [3.05, 3.63) is 46.9 Å². The van der Waals surface area contributed by atoms with Gasteiger partial charge in [-0.1, -0.05) is 41.6 Å². The van der Waals surface area contributed by atoms with Crippen LogP contribution in [0, 0.1) is 6.92 Å². The van der Waals surface area contributed by atoms with Gasteiger partial charge in [-0.3, -0.25) is 4.79 Å². The van der Waals surface area contributed by atoms with Crippen molar-refractivity contribution in [3.8, 4) is 0 Å². The van der Waals surface area contributed by atoms with Gasteiger partial charge in [0.15, 0.2) is 5.78 Å². The lowest BCUT2D eigenvalue weighted by atomic mass is 10.1. The third-order valence-corrected chi connectivity index (χ3v) is 3.14. The Balaban J connectivity index is 1.99. The number of nitrogens with zero attached hydrogens (tertiary/aromatic N) is 4. The van der Waals surface area contributed by atoms with E-state index >= 15 is 0 Å². The third-order valence-electron chi connectivity index (χ3n) is 2.31. The third kappa shape index (κ3) is 3.04. The molecule has 0 saturated carbocycles. The second-order valence-electron chi connectivity index (χ2n) is 3.74. The lowest BCUT2D eigenvalue weighted by Gasteiger charge is -1.96. The van der Waals surface area contributed by atoms with Crippen molar-refractivity contribution < 1.29 is 4.79 Å². The standard InChI is InChI=1S/C12H12N4OS/c1-9-3-5-10(6-4-9)11(17)7-8-18-12-13-14-15-16(12)2/h3-8H,1-2H3. The van der Waals surface area contributed by atoms with Crippen LogP contribution >= 0.6 is 11.8 Å². The summed E-state index contributed by atoms with van der Waals surface area (Å²) in [5, 5.41) is 13.3. The molecule has 0 spiro atoms. The van der Waals surface area contributed by atoms with Crippen LogP contribution in [0.4, 0.5) is 0 Å². The normalized spacial score (nSPS) is 11.0. The summed E-state index contributed by atoms with van der Waals surface area (Å²) in [4.78, 5) is 11.8. The molecule has 0 aliphatic heterocycles. The minimum atomic E-state index is -0.0300. The Labute approximate surface area is 109 Å². The van der Waals surface area contributed by atoms with Gasteiger partial charge >= 0.3 is 0 Å². The molecule has 1 aromatic carbocycles. The van der Waals surface area contributed by atoms with E-state index in [1.54, 1.807) is 17.1 Å².